The quantitative estimate of drug-likeness (QED) is 0.594. The van der Waals surface area contributed by atoms with Gasteiger partial charge in [-0.05, 0) is 53.6 Å². The van der Waals surface area contributed by atoms with Gasteiger partial charge in [0.25, 0.3) is 11.8 Å². The predicted molar refractivity (Wildman–Crippen MR) is 113 cm³/mol. The third kappa shape index (κ3) is 4.34. The van der Waals surface area contributed by atoms with Crippen LogP contribution >= 0.6 is 11.6 Å². The molecule has 0 unspecified atom stereocenters. The van der Waals surface area contributed by atoms with Crippen molar-refractivity contribution in [1.29, 1.82) is 0 Å². The third-order valence-electron chi connectivity index (χ3n) is 4.47. The van der Waals surface area contributed by atoms with E-state index >= 15 is 0 Å². The van der Waals surface area contributed by atoms with E-state index in [0.717, 1.165) is 0 Å². The zero-order chi connectivity index (χ0) is 21.1. The molecule has 1 aliphatic rings. The Labute approximate surface area is 177 Å². The highest BCUT2D eigenvalue weighted by Gasteiger charge is 2.23. The van der Waals surface area contributed by atoms with Crippen LogP contribution in [0.4, 0.5) is 10.1 Å². The van der Waals surface area contributed by atoms with E-state index in [-0.39, 0.29) is 24.0 Å². The van der Waals surface area contributed by atoms with Crippen molar-refractivity contribution >= 4 is 35.2 Å². The molecule has 0 aliphatic carbocycles. The molecule has 1 heterocycles. The molecule has 4 rings (SSSR count). The number of carbonyl (C=O) groups excluding carboxylic acids is 2. The number of hydrogen-bond acceptors (Lipinski definition) is 3. The van der Waals surface area contributed by atoms with Gasteiger partial charge in [0, 0.05) is 17.1 Å². The minimum Gasteiger partial charge on any atom is -0.449 e. The van der Waals surface area contributed by atoms with Gasteiger partial charge in [0.2, 0.25) is 0 Å². The Morgan fingerprint density at radius 1 is 1.10 bits per heavy atom. The number of benzene rings is 3. The number of anilines is 1. The number of nitrogens with one attached hydrogen (secondary N) is 2. The van der Waals surface area contributed by atoms with Crippen molar-refractivity contribution in [2.45, 2.75) is 6.54 Å². The molecule has 0 fully saturated rings. The van der Waals surface area contributed by atoms with Crippen molar-refractivity contribution in [3.8, 4) is 5.75 Å². The topological polar surface area (TPSA) is 67.4 Å². The van der Waals surface area contributed by atoms with Crippen LogP contribution in [0.2, 0.25) is 5.02 Å². The Kier molecular flexibility index (Phi) is 5.50. The molecule has 2 amide bonds. The van der Waals surface area contributed by atoms with Gasteiger partial charge in [-0.15, -0.1) is 0 Å². The van der Waals surface area contributed by atoms with Gasteiger partial charge in [-0.2, -0.15) is 0 Å². The second kappa shape index (κ2) is 8.39. The van der Waals surface area contributed by atoms with Gasteiger partial charge in [0.05, 0.1) is 5.69 Å². The van der Waals surface area contributed by atoms with Crippen LogP contribution in [0.5, 0.6) is 5.75 Å². The molecule has 0 saturated carbocycles. The summed E-state index contributed by atoms with van der Waals surface area (Å²) in [5, 5.41) is 5.94. The van der Waals surface area contributed by atoms with Crippen molar-refractivity contribution in [2.24, 2.45) is 0 Å². The lowest BCUT2D eigenvalue weighted by atomic mass is 10.1. The summed E-state index contributed by atoms with van der Waals surface area (Å²) in [6.45, 7) is 0.182. The Morgan fingerprint density at radius 2 is 1.93 bits per heavy atom. The fraction of sp³-hybridized carbons (Fsp3) is 0.0435. The Morgan fingerprint density at radius 3 is 2.73 bits per heavy atom. The lowest BCUT2D eigenvalue weighted by Crippen LogP contribution is -2.25. The first-order valence-corrected chi connectivity index (χ1v) is 9.49. The summed E-state index contributed by atoms with van der Waals surface area (Å²) in [4.78, 5) is 24.8. The van der Waals surface area contributed by atoms with Crippen molar-refractivity contribution in [3.05, 3.63) is 100 Å². The molecule has 150 valence electrons. The second-order valence-corrected chi connectivity index (χ2v) is 7.02. The van der Waals surface area contributed by atoms with E-state index in [1.54, 1.807) is 48.5 Å². The van der Waals surface area contributed by atoms with Gasteiger partial charge < -0.3 is 15.4 Å². The number of halogens is 2. The monoisotopic (exact) mass is 422 g/mol. The van der Waals surface area contributed by atoms with Crippen LogP contribution in [-0.2, 0) is 11.3 Å². The maximum Gasteiger partial charge on any atom is 0.291 e. The first kappa shape index (κ1) is 19.7. The van der Waals surface area contributed by atoms with Crippen LogP contribution in [0, 0.1) is 5.82 Å². The Hall–Kier alpha value is -3.64. The third-order valence-corrected chi connectivity index (χ3v) is 4.81. The molecule has 0 atom stereocenters. The fourth-order valence-electron chi connectivity index (χ4n) is 2.97. The molecule has 0 radical (unpaired) electrons. The van der Waals surface area contributed by atoms with Crippen molar-refractivity contribution in [1.82, 2.24) is 5.32 Å². The van der Waals surface area contributed by atoms with E-state index in [1.807, 2.05) is 6.07 Å². The molecular weight excluding hydrogens is 407 g/mol. The normalized spacial score (nSPS) is 13.9. The predicted octanol–water partition coefficient (Wildman–Crippen LogP) is 4.78. The molecule has 30 heavy (non-hydrogen) atoms. The first-order chi connectivity index (χ1) is 14.5. The molecule has 7 heteroatoms. The minimum absolute atomic E-state index is 0.0962. The van der Waals surface area contributed by atoms with E-state index in [2.05, 4.69) is 10.6 Å². The summed E-state index contributed by atoms with van der Waals surface area (Å²) >= 11 is 6.13. The number of fused-ring (bicyclic) bond motifs is 1. The summed E-state index contributed by atoms with van der Waals surface area (Å²) in [5.41, 5.74) is 2.02. The SMILES string of the molecule is O=C1Nc2cc(C(=O)NCc3cccc(F)c3)ccc2OC1=Cc1ccccc1Cl. The standard InChI is InChI=1S/C23H16ClFN2O3/c24-18-7-2-1-5-15(18)12-21-23(29)27-19-11-16(8-9-20(19)30-21)22(28)26-13-14-4-3-6-17(25)10-14/h1-12H,13H2,(H,26,28)(H,27,29). The summed E-state index contributed by atoms with van der Waals surface area (Å²) < 4.78 is 18.9. The van der Waals surface area contributed by atoms with Gasteiger partial charge >= 0.3 is 0 Å². The highest BCUT2D eigenvalue weighted by Crippen LogP contribution is 2.33. The molecule has 0 bridgehead atoms. The summed E-state index contributed by atoms with van der Waals surface area (Å²) in [7, 11) is 0. The Bertz CT molecular complexity index is 1180. The highest BCUT2D eigenvalue weighted by molar-refractivity contribution is 6.32. The molecule has 3 aromatic rings. The molecule has 1 aliphatic heterocycles. The van der Waals surface area contributed by atoms with E-state index in [4.69, 9.17) is 16.3 Å². The van der Waals surface area contributed by atoms with Crippen LogP contribution in [0.25, 0.3) is 6.08 Å². The zero-order valence-corrected chi connectivity index (χ0v) is 16.4. The zero-order valence-electron chi connectivity index (χ0n) is 15.6. The summed E-state index contributed by atoms with van der Waals surface area (Å²) in [6.07, 6.45) is 1.56. The van der Waals surface area contributed by atoms with Crippen LogP contribution in [-0.4, -0.2) is 11.8 Å². The molecular formula is C23H16ClFN2O3. The number of amides is 2. The van der Waals surface area contributed by atoms with Crippen LogP contribution < -0.4 is 15.4 Å². The summed E-state index contributed by atoms with van der Waals surface area (Å²) in [5.74, 6) is -0.655. The molecule has 0 spiro atoms. The van der Waals surface area contributed by atoms with Gasteiger partial charge in [0.15, 0.2) is 11.5 Å². The second-order valence-electron chi connectivity index (χ2n) is 6.61. The van der Waals surface area contributed by atoms with Crippen LogP contribution in [0.15, 0.2) is 72.5 Å². The van der Waals surface area contributed by atoms with Gasteiger partial charge in [0.1, 0.15) is 5.82 Å². The smallest absolute Gasteiger partial charge is 0.291 e. The van der Waals surface area contributed by atoms with Crippen molar-refractivity contribution in [3.63, 3.8) is 0 Å². The first-order valence-electron chi connectivity index (χ1n) is 9.12. The number of carbonyl (C=O) groups is 2. The van der Waals surface area contributed by atoms with E-state index < -0.39 is 5.91 Å². The molecule has 5 nitrogen and oxygen atoms in total. The maximum atomic E-state index is 13.3. The van der Waals surface area contributed by atoms with Crippen molar-refractivity contribution < 1.29 is 18.7 Å². The molecule has 0 saturated heterocycles. The molecule has 3 aromatic carbocycles. The van der Waals surface area contributed by atoms with E-state index in [1.165, 1.54) is 18.2 Å². The molecule has 0 aromatic heterocycles. The van der Waals surface area contributed by atoms with Crippen LogP contribution in [0.1, 0.15) is 21.5 Å². The Balaban J connectivity index is 1.49. The largest absolute Gasteiger partial charge is 0.449 e. The lowest BCUT2D eigenvalue weighted by molar-refractivity contribution is -0.115. The fourth-order valence-corrected chi connectivity index (χ4v) is 3.16. The van der Waals surface area contributed by atoms with Gasteiger partial charge in [-0.1, -0.05) is 41.9 Å². The van der Waals surface area contributed by atoms with E-state index in [0.29, 0.717) is 33.1 Å². The lowest BCUT2D eigenvalue weighted by Gasteiger charge is -2.20. The van der Waals surface area contributed by atoms with Gasteiger partial charge in [-0.25, -0.2) is 4.39 Å². The number of hydrogen-bond donors (Lipinski definition) is 2. The van der Waals surface area contributed by atoms with Crippen LogP contribution in [0.3, 0.4) is 0 Å². The average molecular weight is 423 g/mol. The minimum atomic E-state index is -0.445. The maximum absolute atomic E-state index is 13.3. The average Bonchev–Trinajstić information content (AvgIpc) is 2.74. The molecule has 2 N–H and O–H groups in total. The number of ether oxygens (including phenoxy) is 1. The van der Waals surface area contributed by atoms with Crippen molar-refractivity contribution in [2.75, 3.05) is 5.32 Å². The highest BCUT2D eigenvalue weighted by atomic mass is 35.5. The number of rotatable bonds is 4. The van der Waals surface area contributed by atoms with E-state index in [9.17, 15) is 14.0 Å². The van der Waals surface area contributed by atoms with Gasteiger partial charge in [-0.3, -0.25) is 9.59 Å². The summed E-state index contributed by atoms with van der Waals surface area (Å²) in [6, 6.07) is 17.8.